The molecule has 0 aliphatic carbocycles. The molecule has 0 unspecified atom stereocenters. The second kappa shape index (κ2) is 2.77. The van der Waals surface area contributed by atoms with Crippen molar-refractivity contribution >= 4 is 26.9 Å². The molecule has 0 radical (unpaired) electrons. The molecule has 0 aliphatic heterocycles. The van der Waals surface area contributed by atoms with E-state index in [0.29, 0.717) is 0 Å². The minimum Gasteiger partial charge on any atom is -0.504 e. The minimum atomic E-state index is 0.202. The van der Waals surface area contributed by atoms with Crippen LogP contribution in [0.25, 0.3) is 11.0 Å². The Morgan fingerprint density at radius 2 is 2.08 bits per heavy atom. The van der Waals surface area contributed by atoms with Gasteiger partial charge in [0.25, 0.3) is 0 Å². The van der Waals surface area contributed by atoms with Gasteiger partial charge in [-0.05, 0) is 31.0 Å². The van der Waals surface area contributed by atoms with Crippen LogP contribution in [0.4, 0.5) is 0 Å². The van der Waals surface area contributed by atoms with Crippen LogP contribution in [0, 0.1) is 13.8 Å². The number of rotatable bonds is 0. The molecule has 1 aromatic heterocycles. The summed E-state index contributed by atoms with van der Waals surface area (Å²) in [5.41, 5.74) is 2.86. The number of aromatic hydroxyl groups is 1. The lowest BCUT2D eigenvalue weighted by atomic mass is 10.1. The van der Waals surface area contributed by atoms with E-state index in [1.165, 1.54) is 6.26 Å². The zero-order chi connectivity index (χ0) is 9.59. The van der Waals surface area contributed by atoms with Crippen LogP contribution in [0.3, 0.4) is 0 Å². The van der Waals surface area contributed by atoms with Crippen molar-refractivity contribution in [2.24, 2.45) is 0 Å². The van der Waals surface area contributed by atoms with Gasteiger partial charge in [0.1, 0.15) is 11.8 Å². The molecule has 2 rings (SSSR count). The molecule has 1 N–H and O–H groups in total. The van der Waals surface area contributed by atoms with Crippen LogP contribution in [0.1, 0.15) is 11.1 Å². The fourth-order valence-corrected chi connectivity index (χ4v) is 1.82. The Labute approximate surface area is 84.3 Å². The van der Waals surface area contributed by atoms with E-state index in [1.54, 1.807) is 0 Å². The Bertz CT molecular complexity index is 471. The zero-order valence-electron chi connectivity index (χ0n) is 7.39. The van der Waals surface area contributed by atoms with Crippen molar-refractivity contribution in [3.05, 3.63) is 27.9 Å². The summed E-state index contributed by atoms with van der Waals surface area (Å²) in [5.74, 6) is 0.202. The van der Waals surface area contributed by atoms with Crippen molar-refractivity contribution < 1.29 is 9.52 Å². The van der Waals surface area contributed by atoms with Gasteiger partial charge in [0, 0.05) is 4.47 Å². The fourth-order valence-electron chi connectivity index (χ4n) is 1.51. The van der Waals surface area contributed by atoms with E-state index < -0.39 is 0 Å². The summed E-state index contributed by atoms with van der Waals surface area (Å²) in [5, 5.41) is 10.3. The first kappa shape index (κ1) is 8.63. The lowest BCUT2D eigenvalue weighted by molar-refractivity contribution is 0.464. The Balaban J connectivity index is 2.97. The summed E-state index contributed by atoms with van der Waals surface area (Å²) >= 11 is 3.47. The molecule has 0 atom stereocenters. The Morgan fingerprint density at radius 1 is 1.38 bits per heavy atom. The van der Waals surface area contributed by atoms with E-state index in [2.05, 4.69) is 15.9 Å². The topological polar surface area (TPSA) is 33.4 Å². The summed E-state index contributed by atoms with van der Waals surface area (Å²) in [7, 11) is 0. The molecule has 1 heterocycles. The van der Waals surface area contributed by atoms with Crippen LogP contribution in [-0.4, -0.2) is 5.11 Å². The Hall–Kier alpha value is -0.960. The highest BCUT2D eigenvalue weighted by atomic mass is 79.9. The molecular formula is C10H9BrO2. The molecule has 0 bridgehead atoms. The quantitative estimate of drug-likeness (QED) is 0.765. The van der Waals surface area contributed by atoms with Crippen molar-refractivity contribution in [2.75, 3.05) is 0 Å². The maximum Gasteiger partial charge on any atom is 0.162 e. The van der Waals surface area contributed by atoms with E-state index in [0.717, 1.165) is 26.6 Å². The third-order valence-electron chi connectivity index (χ3n) is 2.20. The number of halogens is 1. The van der Waals surface area contributed by atoms with Crippen molar-refractivity contribution in [1.29, 1.82) is 0 Å². The van der Waals surface area contributed by atoms with Gasteiger partial charge in [-0.25, -0.2) is 0 Å². The molecule has 3 heteroatoms. The van der Waals surface area contributed by atoms with Crippen LogP contribution < -0.4 is 0 Å². The Kier molecular flexibility index (Phi) is 1.84. The normalized spacial score (nSPS) is 11.0. The van der Waals surface area contributed by atoms with Gasteiger partial charge in [-0.15, -0.1) is 0 Å². The number of fused-ring (bicyclic) bond motifs is 1. The van der Waals surface area contributed by atoms with Gasteiger partial charge < -0.3 is 9.52 Å². The van der Waals surface area contributed by atoms with Crippen molar-refractivity contribution in [1.82, 2.24) is 0 Å². The number of hydrogen-bond acceptors (Lipinski definition) is 2. The van der Waals surface area contributed by atoms with Crippen molar-refractivity contribution in [2.45, 2.75) is 13.8 Å². The molecule has 1 aromatic carbocycles. The van der Waals surface area contributed by atoms with Crippen LogP contribution in [0.2, 0.25) is 0 Å². The molecule has 0 spiro atoms. The largest absolute Gasteiger partial charge is 0.504 e. The number of aryl methyl sites for hydroxylation is 2. The molecular weight excluding hydrogens is 232 g/mol. The Morgan fingerprint density at radius 3 is 2.77 bits per heavy atom. The fraction of sp³-hybridized carbons (Fsp3) is 0.200. The lowest BCUT2D eigenvalue weighted by Crippen LogP contribution is -1.82. The highest BCUT2D eigenvalue weighted by Gasteiger charge is 2.11. The van der Waals surface area contributed by atoms with Gasteiger partial charge in [0.2, 0.25) is 0 Å². The standard InChI is InChI=1S/C10H9BrO2/c1-5-3-8-9(6(2)10(5)11)7(12)4-13-8/h3-4,12H,1-2H3. The zero-order valence-corrected chi connectivity index (χ0v) is 8.97. The van der Waals surface area contributed by atoms with Gasteiger partial charge in [-0.2, -0.15) is 0 Å². The van der Waals surface area contributed by atoms with Gasteiger partial charge in [-0.3, -0.25) is 0 Å². The van der Waals surface area contributed by atoms with Crippen LogP contribution in [0.5, 0.6) is 5.75 Å². The second-order valence-electron chi connectivity index (χ2n) is 3.13. The predicted molar refractivity (Wildman–Crippen MR) is 55.1 cm³/mol. The first-order valence-corrected chi connectivity index (χ1v) is 4.76. The van der Waals surface area contributed by atoms with E-state index in [9.17, 15) is 5.11 Å². The molecule has 0 fully saturated rings. The highest BCUT2D eigenvalue weighted by molar-refractivity contribution is 9.10. The lowest BCUT2D eigenvalue weighted by Gasteiger charge is -2.03. The van der Waals surface area contributed by atoms with Gasteiger partial charge >= 0.3 is 0 Å². The van der Waals surface area contributed by atoms with Gasteiger partial charge in [-0.1, -0.05) is 15.9 Å². The first-order valence-electron chi connectivity index (χ1n) is 3.97. The molecule has 0 saturated carbocycles. The smallest absolute Gasteiger partial charge is 0.162 e. The number of hydrogen-bond donors (Lipinski definition) is 1. The molecule has 0 aliphatic rings. The van der Waals surface area contributed by atoms with Crippen molar-refractivity contribution in [3.63, 3.8) is 0 Å². The van der Waals surface area contributed by atoms with Crippen LogP contribution in [0.15, 0.2) is 21.2 Å². The van der Waals surface area contributed by atoms with E-state index in [4.69, 9.17) is 4.42 Å². The highest BCUT2D eigenvalue weighted by Crippen LogP contribution is 2.35. The van der Waals surface area contributed by atoms with E-state index in [1.807, 2.05) is 19.9 Å². The summed E-state index contributed by atoms with van der Waals surface area (Å²) in [4.78, 5) is 0. The number of benzene rings is 1. The minimum absolute atomic E-state index is 0.202. The molecule has 2 aromatic rings. The SMILES string of the molecule is Cc1cc2occ(O)c2c(C)c1Br. The maximum absolute atomic E-state index is 9.49. The predicted octanol–water partition coefficient (Wildman–Crippen LogP) is 3.52. The molecule has 13 heavy (non-hydrogen) atoms. The third-order valence-corrected chi connectivity index (χ3v) is 3.42. The van der Waals surface area contributed by atoms with Crippen LogP contribution >= 0.6 is 15.9 Å². The van der Waals surface area contributed by atoms with Gasteiger partial charge in [0.15, 0.2) is 5.75 Å². The molecule has 0 saturated heterocycles. The molecule has 0 amide bonds. The average Bonchev–Trinajstić information content (AvgIpc) is 2.43. The average molecular weight is 241 g/mol. The molecule has 2 nitrogen and oxygen atoms in total. The monoisotopic (exact) mass is 240 g/mol. The summed E-state index contributed by atoms with van der Waals surface area (Å²) in [6.45, 7) is 3.95. The molecule has 68 valence electrons. The first-order chi connectivity index (χ1) is 6.11. The van der Waals surface area contributed by atoms with Crippen molar-refractivity contribution in [3.8, 4) is 5.75 Å². The maximum atomic E-state index is 9.49. The number of furan rings is 1. The van der Waals surface area contributed by atoms with Gasteiger partial charge in [0.05, 0.1) is 5.39 Å². The summed E-state index contributed by atoms with van der Waals surface area (Å²) in [6, 6.07) is 1.91. The van der Waals surface area contributed by atoms with Crippen LogP contribution in [-0.2, 0) is 0 Å². The van der Waals surface area contributed by atoms with E-state index >= 15 is 0 Å². The van der Waals surface area contributed by atoms with E-state index in [-0.39, 0.29) is 5.75 Å². The second-order valence-corrected chi connectivity index (χ2v) is 3.92. The summed E-state index contributed by atoms with van der Waals surface area (Å²) in [6.07, 6.45) is 1.36. The summed E-state index contributed by atoms with van der Waals surface area (Å²) < 4.78 is 6.22. The third kappa shape index (κ3) is 1.15.